The number of aryl methyl sites for hydroxylation is 1. The molecule has 5 heteroatoms. The largest absolute Gasteiger partial charge is 0.497 e. The van der Waals surface area contributed by atoms with Gasteiger partial charge in [-0.25, -0.2) is 4.79 Å². The van der Waals surface area contributed by atoms with E-state index < -0.39 is 12.0 Å². The Kier molecular flexibility index (Phi) is 4.85. The number of rotatable bonds is 5. The lowest BCUT2D eigenvalue weighted by molar-refractivity contribution is -0.138. The van der Waals surface area contributed by atoms with Crippen LogP contribution in [0.4, 0.5) is 5.69 Å². The standard InChI is InChI=1S/C16H16BrNO3/c1-10-3-4-11(9-14(10)17)15(16(19)20)18-12-5-7-13(21-2)8-6-12/h3-9,15,18H,1-2H3,(H,19,20). The minimum absolute atomic E-state index is 0.691. The SMILES string of the molecule is COc1ccc(NC(C(=O)O)c2ccc(C)c(Br)c2)cc1. The van der Waals surface area contributed by atoms with Gasteiger partial charge >= 0.3 is 5.97 Å². The van der Waals surface area contributed by atoms with Crippen LogP contribution in [-0.2, 0) is 4.79 Å². The highest BCUT2D eigenvalue weighted by molar-refractivity contribution is 9.10. The zero-order valence-corrected chi connectivity index (χ0v) is 13.3. The maximum atomic E-state index is 11.5. The van der Waals surface area contributed by atoms with Gasteiger partial charge in [0.2, 0.25) is 0 Å². The molecule has 0 amide bonds. The molecule has 0 saturated heterocycles. The van der Waals surface area contributed by atoms with Crippen LogP contribution >= 0.6 is 15.9 Å². The number of hydrogen-bond acceptors (Lipinski definition) is 3. The lowest BCUT2D eigenvalue weighted by Gasteiger charge is -2.17. The van der Waals surface area contributed by atoms with Gasteiger partial charge in [-0.2, -0.15) is 0 Å². The van der Waals surface area contributed by atoms with Gasteiger partial charge in [-0.3, -0.25) is 0 Å². The molecular weight excluding hydrogens is 334 g/mol. The number of nitrogens with one attached hydrogen (secondary N) is 1. The molecule has 4 nitrogen and oxygen atoms in total. The molecule has 2 rings (SSSR count). The molecule has 2 aromatic carbocycles. The Labute approximate surface area is 131 Å². The predicted octanol–water partition coefficient (Wildman–Crippen LogP) is 4.00. The lowest BCUT2D eigenvalue weighted by atomic mass is 10.0. The number of carboxylic acid groups (broad SMARTS) is 1. The van der Waals surface area contributed by atoms with Crippen LogP contribution in [0.25, 0.3) is 0 Å². The van der Waals surface area contributed by atoms with Crippen molar-refractivity contribution in [3.8, 4) is 5.75 Å². The normalized spacial score (nSPS) is 11.8. The highest BCUT2D eigenvalue weighted by Gasteiger charge is 2.20. The van der Waals surface area contributed by atoms with Crippen LogP contribution in [0.15, 0.2) is 46.9 Å². The molecule has 0 aromatic heterocycles. The number of halogens is 1. The lowest BCUT2D eigenvalue weighted by Crippen LogP contribution is -2.20. The second-order valence-corrected chi connectivity index (χ2v) is 5.51. The summed E-state index contributed by atoms with van der Waals surface area (Å²) in [5.74, 6) is -0.202. The summed E-state index contributed by atoms with van der Waals surface area (Å²) < 4.78 is 5.98. The van der Waals surface area contributed by atoms with Crippen molar-refractivity contribution in [3.63, 3.8) is 0 Å². The van der Waals surface area contributed by atoms with Crippen molar-refractivity contribution in [2.75, 3.05) is 12.4 Å². The van der Waals surface area contributed by atoms with E-state index >= 15 is 0 Å². The van der Waals surface area contributed by atoms with E-state index in [1.54, 1.807) is 31.4 Å². The predicted molar refractivity (Wildman–Crippen MR) is 85.9 cm³/mol. The van der Waals surface area contributed by atoms with Crippen LogP contribution in [0.1, 0.15) is 17.2 Å². The minimum Gasteiger partial charge on any atom is -0.497 e. The van der Waals surface area contributed by atoms with Gasteiger partial charge in [-0.1, -0.05) is 28.1 Å². The first-order valence-electron chi connectivity index (χ1n) is 6.40. The molecule has 0 bridgehead atoms. The van der Waals surface area contributed by atoms with E-state index in [9.17, 15) is 9.90 Å². The zero-order chi connectivity index (χ0) is 15.4. The summed E-state index contributed by atoms with van der Waals surface area (Å²) in [6.07, 6.45) is 0. The monoisotopic (exact) mass is 349 g/mol. The molecule has 110 valence electrons. The number of carboxylic acids is 1. The van der Waals surface area contributed by atoms with Gasteiger partial charge in [0.25, 0.3) is 0 Å². The number of ether oxygens (including phenoxy) is 1. The molecule has 21 heavy (non-hydrogen) atoms. The van der Waals surface area contributed by atoms with Gasteiger partial charge in [0.05, 0.1) is 7.11 Å². The van der Waals surface area contributed by atoms with E-state index in [2.05, 4.69) is 21.2 Å². The zero-order valence-electron chi connectivity index (χ0n) is 11.8. The molecule has 0 aliphatic heterocycles. The van der Waals surface area contributed by atoms with Crippen molar-refractivity contribution < 1.29 is 14.6 Å². The molecule has 1 atom stereocenters. The van der Waals surface area contributed by atoms with E-state index in [4.69, 9.17) is 4.74 Å². The van der Waals surface area contributed by atoms with Gasteiger partial charge in [-0.15, -0.1) is 0 Å². The van der Waals surface area contributed by atoms with Crippen molar-refractivity contribution in [3.05, 3.63) is 58.1 Å². The number of carbonyl (C=O) groups is 1. The van der Waals surface area contributed by atoms with Crippen LogP contribution in [0.5, 0.6) is 5.75 Å². The first-order chi connectivity index (χ1) is 10.0. The second-order valence-electron chi connectivity index (χ2n) is 4.65. The van der Waals surface area contributed by atoms with E-state index in [0.717, 1.165) is 21.5 Å². The first kappa shape index (κ1) is 15.4. The molecule has 0 aliphatic carbocycles. The average molecular weight is 350 g/mol. The molecule has 0 radical (unpaired) electrons. The number of methoxy groups -OCH3 is 1. The topological polar surface area (TPSA) is 58.6 Å². The molecule has 0 heterocycles. The average Bonchev–Trinajstić information content (AvgIpc) is 2.48. The summed E-state index contributed by atoms with van der Waals surface area (Å²) in [5, 5.41) is 12.5. The summed E-state index contributed by atoms with van der Waals surface area (Å²) >= 11 is 3.43. The van der Waals surface area contributed by atoms with Crippen LogP contribution < -0.4 is 10.1 Å². The Bertz CT molecular complexity index is 640. The third kappa shape index (κ3) is 3.76. The molecule has 1 unspecified atom stereocenters. The molecule has 0 spiro atoms. The Balaban J connectivity index is 2.26. The summed E-state index contributed by atoms with van der Waals surface area (Å²) in [4.78, 5) is 11.5. The van der Waals surface area contributed by atoms with Crippen molar-refractivity contribution in [1.29, 1.82) is 0 Å². The fourth-order valence-corrected chi connectivity index (χ4v) is 2.33. The Morgan fingerprint density at radius 3 is 2.43 bits per heavy atom. The van der Waals surface area contributed by atoms with Gasteiger partial charge < -0.3 is 15.2 Å². The van der Waals surface area contributed by atoms with Crippen molar-refractivity contribution in [2.45, 2.75) is 13.0 Å². The molecular formula is C16H16BrNO3. The van der Waals surface area contributed by atoms with Crippen LogP contribution in [-0.4, -0.2) is 18.2 Å². The van der Waals surface area contributed by atoms with Crippen molar-refractivity contribution in [2.24, 2.45) is 0 Å². The number of hydrogen-bond donors (Lipinski definition) is 2. The Hall–Kier alpha value is -2.01. The van der Waals surface area contributed by atoms with Gasteiger partial charge in [-0.05, 0) is 48.4 Å². The summed E-state index contributed by atoms with van der Waals surface area (Å²) in [5.41, 5.74) is 2.48. The van der Waals surface area contributed by atoms with Crippen LogP contribution in [0.2, 0.25) is 0 Å². The van der Waals surface area contributed by atoms with Gasteiger partial charge in [0.15, 0.2) is 6.04 Å². The van der Waals surface area contributed by atoms with E-state index in [-0.39, 0.29) is 0 Å². The van der Waals surface area contributed by atoms with E-state index in [1.165, 1.54) is 0 Å². The van der Waals surface area contributed by atoms with Crippen molar-refractivity contribution in [1.82, 2.24) is 0 Å². The molecule has 2 N–H and O–H groups in total. The molecule has 0 aliphatic rings. The van der Waals surface area contributed by atoms with E-state index in [1.807, 2.05) is 25.1 Å². The van der Waals surface area contributed by atoms with Gasteiger partial charge in [0, 0.05) is 10.2 Å². The second kappa shape index (κ2) is 6.63. The highest BCUT2D eigenvalue weighted by atomic mass is 79.9. The third-order valence-electron chi connectivity index (χ3n) is 3.18. The first-order valence-corrected chi connectivity index (χ1v) is 7.20. The Morgan fingerprint density at radius 1 is 1.24 bits per heavy atom. The quantitative estimate of drug-likeness (QED) is 0.856. The van der Waals surface area contributed by atoms with Crippen LogP contribution in [0.3, 0.4) is 0 Å². The molecule has 0 fully saturated rings. The third-order valence-corrected chi connectivity index (χ3v) is 4.03. The highest BCUT2D eigenvalue weighted by Crippen LogP contribution is 2.26. The maximum absolute atomic E-state index is 11.5. The van der Waals surface area contributed by atoms with Crippen molar-refractivity contribution >= 4 is 27.6 Å². The number of anilines is 1. The molecule has 0 saturated carbocycles. The number of aliphatic carboxylic acids is 1. The Morgan fingerprint density at radius 2 is 1.90 bits per heavy atom. The molecule has 2 aromatic rings. The van der Waals surface area contributed by atoms with E-state index in [0.29, 0.717) is 5.56 Å². The van der Waals surface area contributed by atoms with Crippen LogP contribution in [0, 0.1) is 6.92 Å². The number of benzene rings is 2. The van der Waals surface area contributed by atoms with Gasteiger partial charge in [0.1, 0.15) is 5.75 Å². The smallest absolute Gasteiger partial charge is 0.330 e. The summed E-state index contributed by atoms with van der Waals surface area (Å²) in [6.45, 7) is 1.96. The maximum Gasteiger partial charge on any atom is 0.330 e. The summed E-state index contributed by atoms with van der Waals surface area (Å²) in [6, 6.07) is 11.9. The fraction of sp³-hybridized carbons (Fsp3) is 0.188. The minimum atomic E-state index is -0.929. The summed E-state index contributed by atoms with van der Waals surface area (Å²) in [7, 11) is 1.59. The fourth-order valence-electron chi connectivity index (χ4n) is 1.93.